The lowest BCUT2D eigenvalue weighted by Gasteiger charge is -2.02. The number of hydrogen-bond acceptors (Lipinski definition) is 3. The zero-order valence-electron chi connectivity index (χ0n) is 9.70. The van der Waals surface area contributed by atoms with Crippen LogP contribution < -0.4 is 5.56 Å². The highest BCUT2D eigenvalue weighted by Crippen LogP contribution is 2.14. The van der Waals surface area contributed by atoms with E-state index in [0.717, 1.165) is 0 Å². The molecule has 0 atom stereocenters. The van der Waals surface area contributed by atoms with E-state index in [1.54, 1.807) is 30.5 Å². The van der Waals surface area contributed by atoms with Crippen LogP contribution in [0, 0.1) is 0 Å². The summed E-state index contributed by atoms with van der Waals surface area (Å²) in [7, 11) is 0. The summed E-state index contributed by atoms with van der Waals surface area (Å²) in [5.74, 6) is -0.598. The first kappa shape index (κ1) is 11.2. The molecule has 19 heavy (non-hydrogen) atoms. The van der Waals surface area contributed by atoms with Gasteiger partial charge in [0.05, 0.1) is 5.56 Å². The molecule has 0 radical (unpaired) electrons. The predicted molar refractivity (Wildman–Crippen MR) is 68.2 cm³/mol. The van der Waals surface area contributed by atoms with Crippen molar-refractivity contribution in [1.82, 2.24) is 14.6 Å². The number of benzene rings is 1. The van der Waals surface area contributed by atoms with Gasteiger partial charge in [0.2, 0.25) is 0 Å². The van der Waals surface area contributed by atoms with Crippen LogP contribution in [-0.4, -0.2) is 25.7 Å². The lowest BCUT2D eigenvalue weighted by atomic mass is 10.1. The van der Waals surface area contributed by atoms with E-state index in [1.165, 1.54) is 16.6 Å². The highest BCUT2D eigenvalue weighted by atomic mass is 16.4. The molecule has 0 unspecified atom stereocenters. The van der Waals surface area contributed by atoms with Gasteiger partial charge in [-0.1, -0.05) is 12.1 Å². The molecule has 94 valence electrons. The van der Waals surface area contributed by atoms with Crippen LogP contribution in [0.5, 0.6) is 0 Å². The minimum absolute atomic E-state index is 0.188. The summed E-state index contributed by atoms with van der Waals surface area (Å²) < 4.78 is 1.49. The molecule has 0 fully saturated rings. The van der Waals surface area contributed by atoms with Crippen LogP contribution in [0.1, 0.15) is 10.4 Å². The molecule has 0 aliphatic heterocycles. The molecule has 2 aromatic heterocycles. The van der Waals surface area contributed by atoms with Gasteiger partial charge in [0.1, 0.15) is 5.52 Å². The molecule has 0 amide bonds. The second-order valence-corrected chi connectivity index (χ2v) is 4.02. The number of rotatable bonds is 2. The summed E-state index contributed by atoms with van der Waals surface area (Å²) in [5.41, 5.74) is 1.06. The van der Waals surface area contributed by atoms with Crippen LogP contribution in [-0.2, 0) is 0 Å². The first-order valence-electron chi connectivity index (χ1n) is 5.56. The number of nitrogens with one attached hydrogen (secondary N) is 1. The maximum Gasteiger partial charge on any atom is 0.335 e. The van der Waals surface area contributed by atoms with Crippen molar-refractivity contribution in [2.45, 2.75) is 0 Å². The molecule has 2 N–H and O–H groups in total. The van der Waals surface area contributed by atoms with Crippen molar-refractivity contribution in [3.8, 4) is 11.4 Å². The van der Waals surface area contributed by atoms with E-state index < -0.39 is 5.97 Å². The van der Waals surface area contributed by atoms with E-state index >= 15 is 0 Å². The number of carboxylic acid groups (broad SMARTS) is 1. The predicted octanol–water partition coefficient (Wildman–Crippen LogP) is 1.39. The molecule has 6 heteroatoms. The van der Waals surface area contributed by atoms with Crippen LogP contribution in [0.3, 0.4) is 0 Å². The van der Waals surface area contributed by atoms with E-state index in [2.05, 4.69) is 10.1 Å². The quantitative estimate of drug-likeness (QED) is 0.724. The Morgan fingerprint density at radius 3 is 2.63 bits per heavy atom. The Morgan fingerprint density at radius 2 is 1.95 bits per heavy atom. The molecule has 6 nitrogen and oxygen atoms in total. The fraction of sp³-hybridized carbons (Fsp3) is 0. The van der Waals surface area contributed by atoms with Crippen LogP contribution in [0.2, 0.25) is 0 Å². The molecule has 0 saturated heterocycles. The lowest BCUT2D eigenvalue weighted by molar-refractivity contribution is 0.0697. The molecule has 0 bridgehead atoms. The van der Waals surface area contributed by atoms with Crippen molar-refractivity contribution in [1.29, 1.82) is 0 Å². The van der Waals surface area contributed by atoms with Crippen molar-refractivity contribution < 1.29 is 9.90 Å². The van der Waals surface area contributed by atoms with Gasteiger partial charge in [-0.05, 0) is 24.3 Å². The van der Waals surface area contributed by atoms with Crippen LogP contribution in [0.4, 0.5) is 0 Å². The van der Waals surface area contributed by atoms with E-state index in [0.29, 0.717) is 16.9 Å². The third-order valence-electron chi connectivity index (χ3n) is 2.81. The van der Waals surface area contributed by atoms with Crippen molar-refractivity contribution in [2.24, 2.45) is 0 Å². The van der Waals surface area contributed by atoms with E-state index in [-0.39, 0.29) is 11.1 Å². The Labute approximate surface area is 106 Å². The number of fused-ring (bicyclic) bond motifs is 1. The van der Waals surface area contributed by atoms with Gasteiger partial charge < -0.3 is 10.1 Å². The van der Waals surface area contributed by atoms with Gasteiger partial charge in [-0.15, -0.1) is 5.10 Å². The average molecular weight is 255 g/mol. The number of carboxylic acids is 1. The summed E-state index contributed by atoms with van der Waals surface area (Å²) in [6.45, 7) is 0. The van der Waals surface area contributed by atoms with Gasteiger partial charge in [0.25, 0.3) is 5.56 Å². The highest BCUT2D eigenvalue weighted by molar-refractivity contribution is 5.88. The summed E-state index contributed by atoms with van der Waals surface area (Å²) in [6, 6.07) is 9.56. The monoisotopic (exact) mass is 255 g/mol. The van der Waals surface area contributed by atoms with Crippen LogP contribution in [0.25, 0.3) is 16.9 Å². The van der Waals surface area contributed by atoms with E-state index in [1.807, 2.05) is 0 Å². The third-order valence-corrected chi connectivity index (χ3v) is 2.81. The Bertz CT molecular complexity index is 815. The number of H-pyrrole nitrogens is 1. The summed E-state index contributed by atoms with van der Waals surface area (Å²) in [6.07, 6.45) is 1.68. The average Bonchev–Trinajstić information content (AvgIpc) is 2.87. The molecule has 0 spiro atoms. The van der Waals surface area contributed by atoms with Crippen molar-refractivity contribution >= 4 is 11.5 Å². The number of nitrogens with zero attached hydrogens (tertiary/aromatic N) is 2. The minimum Gasteiger partial charge on any atom is -0.478 e. The second-order valence-electron chi connectivity index (χ2n) is 4.02. The van der Waals surface area contributed by atoms with Gasteiger partial charge in [-0.3, -0.25) is 4.79 Å². The van der Waals surface area contributed by atoms with Gasteiger partial charge in [-0.25, -0.2) is 9.31 Å². The molecule has 3 aromatic rings. The third kappa shape index (κ3) is 1.89. The van der Waals surface area contributed by atoms with Crippen molar-refractivity contribution in [3.63, 3.8) is 0 Å². The van der Waals surface area contributed by atoms with Gasteiger partial charge >= 0.3 is 5.97 Å². The highest BCUT2D eigenvalue weighted by Gasteiger charge is 2.07. The molecule has 2 heterocycles. The normalized spacial score (nSPS) is 10.7. The molecular weight excluding hydrogens is 246 g/mol. The molecule has 0 aliphatic carbocycles. The van der Waals surface area contributed by atoms with Crippen LogP contribution >= 0.6 is 0 Å². The van der Waals surface area contributed by atoms with Gasteiger partial charge in [0, 0.05) is 11.8 Å². The fourth-order valence-corrected chi connectivity index (χ4v) is 1.84. The Morgan fingerprint density at radius 1 is 1.21 bits per heavy atom. The SMILES string of the molecule is O=C(O)c1ccc(-c2nn3cccc3c(=O)[nH]2)cc1. The maximum absolute atomic E-state index is 11.8. The lowest BCUT2D eigenvalue weighted by Crippen LogP contribution is -2.13. The first-order chi connectivity index (χ1) is 9.15. The summed E-state index contributed by atoms with van der Waals surface area (Å²) >= 11 is 0. The largest absolute Gasteiger partial charge is 0.478 e. The topological polar surface area (TPSA) is 87.5 Å². The Balaban J connectivity index is 2.13. The van der Waals surface area contributed by atoms with Crippen molar-refractivity contribution in [3.05, 3.63) is 58.5 Å². The molecule has 1 aromatic carbocycles. The van der Waals surface area contributed by atoms with Gasteiger partial charge in [0.15, 0.2) is 5.82 Å². The number of aromatic amines is 1. The number of aromatic carboxylic acids is 1. The molecule has 3 rings (SSSR count). The summed E-state index contributed by atoms with van der Waals surface area (Å²) in [5, 5.41) is 13.1. The number of carbonyl (C=O) groups is 1. The molecule has 0 saturated carbocycles. The molecule has 0 aliphatic rings. The summed E-state index contributed by atoms with van der Waals surface area (Å²) in [4.78, 5) is 25.2. The smallest absolute Gasteiger partial charge is 0.335 e. The van der Waals surface area contributed by atoms with E-state index in [4.69, 9.17) is 5.11 Å². The Hall–Kier alpha value is -2.89. The van der Waals surface area contributed by atoms with Crippen molar-refractivity contribution in [2.75, 3.05) is 0 Å². The molecular formula is C13H9N3O3. The zero-order valence-corrected chi connectivity index (χ0v) is 9.70. The minimum atomic E-state index is -0.992. The second kappa shape index (κ2) is 4.09. The number of aromatic nitrogens is 3. The Kier molecular flexibility index (Phi) is 2.42. The first-order valence-corrected chi connectivity index (χ1v) is 5.56. The standard InChI is InChI=1S/C13H9N3O3/c17-12-10-2-1-7-16(10)15-11(14-12)8-3-5-9(6-4-8)13(18)19/h1-7H,(H,18,19)(H,14,15,17). The van der Waals surface area contributed by atoms with Crippen LogP contribution in [0.15, 0.2) is 47.4 Å². The fourth-order valence-electron chi connectivity index (χ4n) is 1.84. The van der Waals surface area contributed by atoms with E-state index in [9.17, 15) is 9.59 Å². The zero-order chi connectivity index (χ0) is 13.4. The maximum atomic E-state index is 11.8. The van der Waals surface area contributed by atoms with Gasteiger partial charge in [-0.2, -0.15) is 0 Å². The number of hydrogen-bond donors (Lipinski definition) is 2.